The predicted molar refractivity (Wildman–Crippen MR) is 103 cm³/mol. The SMILES string of the molecule is Cc1cc2nc(-c3ccc(NC(=O)c4cccc(F)c4)cc3)oc2cc1C. The molecule has 1 aromatic heterocycles. The molecule has 0 aliphatic carbocycles. The second-order valence-corrected chi connectivity index (χ2v) is 6.47. The molecule has 3 aromatic carbocycles. The number of halogens is 1. The van der Waals surface area contributed by atoms with E-state index in [1.807, 2.05) is 38.1 Å². The molecular weight excluding hydrogens is 343 g/mol. The van der Waals surface area contributed by atoms with E-state index >= 15 is 0 Å². The van der Waals surface area contributed by atoms with E-state index in [4.69, 9.17) is 4.42 Å². The second kappa shape index (κ2) is 6.68. The van der Waals surface area contributed by atoms with Crippen LogP contribution in [0.15, 0.2) is 65.1 Å². The summed E-state index contributed by atoms with van der Waals surface area (Å²) >= 11 is 0. The van der Waals surface area contributed by atoms with E-state index in [-0.39, 0.29) is 11.5 Å². The zero-order valence-electron chi connectivity index (χ0n) is 14.9. The van der Waals surface area contributed by atoms with Gasteiger partial charge in [-0.25, -0.2) is 9.37 Å². The van der Waals surface area contributed by atoms with E-state index < -0.39 is 5.82 Å². The normalized spacial score (nSPS) is 10.9. The Labute approximate surface area is 155 Å². The summed E-state index contributed by atoms with van der Waals surface area (Å²) in [5, 5.41) is 2.75. The minimum atomic E-state index is -0.445. The van der Waals surface area contributed by atoms with Gasteiger partial charge in [0.1, 0.15) is 11.3 Å². The molecular formula is C22H17FN2O2. The number of nitrogens with zero attached hydrogens (tertiary/aromatic N) is 1. The van der Waals surface area contributed by atoms with Crippen molar-refractivity contribution in [3.05, 3.63) is 83.2 Å². The Morgan fingerprint density at radius 3 is 2.48 bits per heavy atom. The van der Waals surface area contributed by atoms with Gasteiger partial charge >= 0.3 is 0 Å². The Morgan fingerprint density at radius 1 is 1.00 bits per heavy atom. The van der Waals surface area contributed by atoms with Gasteiger partial charge in [0.2, 0.25) is 5.89 Å². The van der Waals surface area contributed by atoms with Crippen molar-refractivity contribution in [1.82, 2.24) is 4.98 Å². The Bertz CT molecular complexity index is 1110. The molecule has 0 atom stereocenters. The molecule has 0 aliphatic rings. The molecule has 4 rings (SSSR count). The van der Waals surface area contributed by atoms with E-state index in [0.29, 0.717) is 11.6 Å². The molecule has 4 aromatic rings. The van der Waals surface area contributed by atoms with E-state index in [0.717, 1.165) is 27.8 Å². The van der Waals surface area contributed by atoms with Gasteiger partial charge in [-0.3, -0.25) is 4.79 Å². The number of carbonyl (C=O) groups is 1. The van der Waals surface area contributed by atoms with Crippen LogP contribution in [0.1, 0.15) is 21.5 Å². The molecule has 0 saturated heterocycles. The molecule has 27 heavy (non-hydrogen) atoms. The number of nitrogens with one attached hydrogen (secondary N) is 1. The molecule has 1 amide bonds. The first-order chi connectivity index (χ1) is 13.0. The maximum absolute atomic E-state index is 13.2. The van der Waals surface area contributed by atoms with Crippen LogP contribution in [0.3, 0.4) is 0 Å². The molecule has 0 unspecified atom stereocenters. The third kappa shape index (κ3) is 3.44. The summed E-state index contributed by atoms with van der Waals surface area (Å²) in [6, 6.07) is 16.7. The molecule has 0 fully saturated rings. The molecule has 0 bridgehead atoms. The highest BCUT2D eigenvalue weighted by Crippen LogP contribution is 2.27. The average molecular weight is 360 g/mol. The monoisotopic (exact) mass is 360 g/mol. The fraction of sp³-hybridized carbons (Fsp3) is 0.0909. The third-order valence-corrected chi connectivity index (χ3v) is 4.48. The number of oxazole rings is 1. The number of aromatic nitrogens is 1. The van der Waals surface area contributed by atoms with Crippen molar-refractivity contribution in [2.75, 3.05) is 5.32 Å². The number of rotatable bonds is 3. The summed E-state index contributed by atoms with van der Waals surface area (Å²) in [5.41, 5.74) is 5.57. The van der Waals surface area contributed by atoms with Crippen LogP contribution in [0.25, 0.3) is 22.6 Å². The van der Waals surface area contributed by atoms with Crippen LogP contribution in [0.5, 0.6) is 0 Å². The van der Waals surface area contributed by atoms with Crippen molar-refractivity contribution in [3.8, 4) is 11.5 Å². The maximum Gasteiger partial charge on any atom is 0.255 e. The molecule has 0 spiro atoms. The second-order valence-electron chi connectivity index (χ2n) is 6.47. The molecule has 5 heteroatoms. The van der Waals surface area contributed by atoms with Crippen LogP contribution >= 0.6 is 0 Å². The molecule has 4 nitrogen and oxygen atoms in total. The van der Waals surface area contributed by atoms with Crippen LogP contribution in [0.4, 0.5) is 10.1 Å². The van der Waals surface area contributed by atoms with E-state index in [1.165, 1.54) is 18.2 Å². The van der Waals surface area contributed by atoms with Crippen molar-refractivity contribution >= 4 is 22.7 Å². The Kier molecular flexibility index (Phi) is 4.20. The van der Waals surface area contributed by atoms with Crippen molar-refractivity contribution in [1.29, 1.82) is 0 Å². The molecule has 0 aliphatic heterocycles. The number of amides is 1. The summed E-state index contributed by atoms with van der Waals surface area (Å²) in [6.07, 6.45) is 0. The Hall–Kier alpha value is -3.47. The minimum absolute atomic E-state index is 0.267. The van der Waals surface area contributed by atoms with Gasteiger partial charge in [0.15, 0.2) is 5.58 Å². The standard InChI is InChI=1S/C22H17FN2O2/c1-13-10-19-20(11-14(13)2)27-22(25-19)15-6-8-18(9-7-15)24-21(26)16-4-3-5-17(23)12-16/h3-12H,1-2H3,(H,24,26). The van der Waals surface area contributed by atoms with Gasteiger partial charge in [0, 0.05) is 16.8 Å². The van der Waals surface area contributed by atoms with Gasteiger partial charge in [0.25, 0.3) is 5.91 Å². The topological polar surface area (TPSA) is 55.1 Å². The smallest absolute Gasteiger partial charge is 0.255 e. The van der Waals surface area contributed by atoms with E-state index in [2.05, 4.69) is 10.3 Å². The number of aryl methyl sites for hydroxylation is 2. The highest BCUT2D eigenvalue weighted by Gasteiger charge is 2.11. The van der Waals surface area contributed by atoms with Gasteiger partial charge in [-0.15, -0.1) is 0 Å². The van der Waals surface area contributed by atoms with Crippen molar-refractivity contribution in [3.63, 3.8) is 0 Å². The van der Waals surface area contributed by atoms with Gasteiger partial charge in [-0.2, -0.15) is 0 Å². The van der Waals surface area contributed by atoms with Crippen LogP contribution < -0.4 is 5.32 Å². The number of hydrogen-bond acceptors (Lipinski definition) is 3. The van der Waals surface area contributed by atoms with Gasteiger partial charge in [-0.1, -0.05) is 6.07 Å². The number of hydrogen-bond donors (Lipinski definition) is 1. The Balaban J connectivity index is 1.56. The summed E-state index contributed by atoms with van der Waals surface area (Å²) < 4.78 is 19.1. The number of carbonyl (C=O) groups excluding carboxylic acids is 1. The number of fused-ring (bicyclic) bond motifs is 1. The molecule has 1 heterocycles. The quantitative estimate of drug-likeness (QED) is 0.525. The lowest BCUT2D eigenvalue weighted by atomic mass is 10.1. The van der Waals surface area contributed by atoms with Crippen molar-refractivity contribution < 1.29 is 13.6 Å². The highest BCUT2D eigenvalue weighted by molar-refractivity contribution is 6.04. The van der Waals surface area contributed by atoms with E-state index in [9.17, 15) is 9.18 Å². The summed E-state index contributed by atoms with van der Waals surface area (Å²) in [6.45, 7) is 4.08. The number of anilines is 1. The first-order valence-corrected chi connectivity index (χ1v) is 8.55. The summed E-state index contributed by atoms with van der Waals surface area (Å²) in [7, 11) is 0. The van der Waals surface area contributed by atoms with E-state index in [1.54, 1.807) is 18.2 Å². The lowest BCUT2D eigenvalue weighted by Gasteiger charge is -2.06. The first-order valence-electron chi connectivity index (χ1n) is 8.55. The van der Waals surface area contributed by atoms with Crippen LogP contribution in [-0.4, -0.2) is 10.9 Å². The van der Waals surface area contributed by atoms with Crippen LogP contribution in [-0.2, 0) is 0 Å². The zero-order chi connectivity index (χ0) is 19.0. The van der Waals surface area contributed by atoms with Crippen LogP contribution in [0, 0.1) is 19.7 Å². The number of benzene rings is 3. The van der Waals surface area contributed by atoms with Crippen molar-refractivity contribution in [2.45, 2.75) is 13.8 Å². The fourth-order valence-electron chi connectivity index (χ4n) is 2.83. The van der Waals surface area contributed by atoms with Gasteiger partial charge < -0.3 is 9.73 Å². The van der Waals surface area contributed by atoms with Crippen LogP contribution in [0.2, 0.25) is 0 Å². The van der Waals surface area contributed by atoms with Gasteiger partial charge in [0.05, 0.1) is 0 Å². The molecule has 0 saturated carbocycles. The van der Waals surface area contributed by atoms with Gasteiger partial charge in [-0.05, 0) is 79.6 Å². The zero-order valence-corrected chi connectivity index (χ0v) is 14.9. The first kappa shape index (κ1) is 17.0. The molecule has 0 radical (unpaired) electrons. The predicted octanol–water partition coefficient (Wildman–Crippen LogP) is 5.50. The molecule has 1 N–H and O–H groups in total. The van der Waals surface area contributed by atoms with Crippen molar-refractivity contribution in [2.24, 2.45) is 0 Å². The Morgan fingerprint density at radius 2 is 1.74 bits per heavy atom. The third-order valence-electron chi connectivity index (χ3n) is 4.48. The lowest BCUT2D eigenvalue weighted by molar-refractivity contribution is 0.102. The molecule has 134 valence electrons. The summed E-state index contributed by atoms with van der Waals surface area (Å²) in [5.74, 6) is -0.285. The minimum Gasteiger partial charge on any atom is -0.436 e. The average Bonchev–Trinajstić information content (AvgIpc) is 3.05. The fourth-order valence-corrected chi connectivity index (χ4v) is 2.83. The lowest BCUT2D eigenvalue weighted by Crippen LogP contribution is -2.11. The maximum atomic E-state index is 13.2. The summed E-state index contributed by atoms with van der Waals surface area (Å²) in [4.78, 5) is 16.7. The highest BCUT2D eigenvalue weighted by atomic mass is 19.1. The largest absolute Gasteiger partial charge is 0.436 e.